The van der Waals surface area contributed by atoms with E-state index in [4.69, 9.17) is 108 Å². The molecule has 8 aromatic heterocycles. The number of nitrogens with two attached hydrogens (primary N) is 4. The molecule has 0 bridgehead atoms. The van der Waals surface area contributed by atoms with Crippen LogP contribution < -0.4 is 44.8 Å². The molecule has 2 unspecified atom stereocenters. The fraction of sp³-hybridized carbons (Fsp3) is 0.581. The summed E-state index contributed by atoms with van der Waals surface area (Å²) in [5.74, 6) is -2.90. The average molecular weight is 2100 g/mol. The monoisotopic (exact) mass is 2100 g/mol. The van der Waals surface area contributed by atoms with Crippen LogP contribution in [0.2, 0.25) is 15.7 Å². The molecule has 129 heavy (non-hydrogen) atoms. The van der Waals surface area contributed by atoms with E-state index in [0.717, 1.165) is 138 Å². The van der Waals surface area contributed by atoms with Gasteiger partial charge in [-0.25, -0.2) is 67.2 Å². The minimum absolute atomic E-state index is 0. The van der Waals surface area contributed by atoms with Crippen LogP contribution in [-0.2, 0) is 89.7 Å². The molecule has 2 aliphatic heterocycles. The number of esters is 4. The Bertz CT molecular complexity index is 5000. The number of morpholine rings is 2. The van der Waals surface area contributed by atoms with Gasteiger partial charge in [0.2, 0.25) is 21.7 Å². The summed E-state index contributed by atoms with van der Waals surface area (Å²) in [6.45, 7) is 46.3. The standard InChI is InChI=1S/C17H24ClN5OS.C10H20N2O.C8H12N2O3.C8H12N2O2S.C7H5Cl2N3S.C7H7N3O2S.C5H6N2O3.C5H8N2O2.C4H7N3.C3H5ClO.Cl3OP.3ClH/c1-2-13-20-14-15(21-17(18)22-16(14)25-13)19-11-3-5-12(6-4-11)23-7-9-24-10-8-23;11-9-1-3-10(4-2-9)12-5-7-13-8-6-12;1-4-6(11)10-7(9-3)8(12)13-5-2;1-3-5-10-6(7(9)13-5)8(11)12-4-2;1-2-3-10-4-5(8)11-7(9)12-6(4)13-3;1-2-3-8-4-5(11)9-7(12)10-6(4)13-3;1-3-10-5(8)4(6-2)7-9;1-3-9-5(8)4(6)7-2;1-7-3-4(5)2-6-7;1-2-3(4)5;1-5(2,3)4;;;/h11-12H,2-10H2,1H3,(H,19,21,22);9-10H,1-8,11H2;7H,4-5H2,1-2H3,(H,10,11);3-4,9H2,1-2H3;2H2,1H3;2H2,1H3,(H2,9,10,11,12);9H,3H2,1H3;4H,3,6H2,1H3;2-3H,5H2,1H3;2H2,1H3;;3*1H/b;;;;;;7-4-;;;;;;;. The van der Waals surface area contributed by atoms with Crippen molar-refractivity contribution in [2.24, 2.45) is 23.7 Å². The van der Waals surface area contributed by atoms with Crippen molar-refractivity contribution in [3.05, 3.63) is 109 Å². The van der Waals surface area contributed by atoms with E-state index in [1.54, 1.807) is 70.0 Å². The predicted octanol–water partition coefficient (Wildman–Crippen LogP) is 14.2. The Morgan fingerprint density at radius 2 is 1.09 bits per heavy atom. The third-order valence-corrected chi connectivity index (χ3v) is 21.9. The van der Waals surface area contributed by atoms with Crippen LogP contribution in [0.25, 0.3) is 45.6 Å². The molecule has 2 atom stereocenters. The maximum absolute atomic E-state index is 11.2. The van der Waals surface area contributed by atoms with Gasteiger partial charge in [0.15, 0.2) is 27.0 Å². The first-order valence-electron chi connectivity index (χ1n) is 39.4. The quantitative estimate of drug-likeness (QED) is 0.00329. The van der Waals surface area contributed by atoms with Crippen LogP contribution in [0.1, 0.15) is 164 Å². The van der Waals surface area contributed by atoms with Gasteiger partial charge in [-0.2, -0.15) is 10.1 Å². The van der Waals surface area contributed by atoms with E-state index >= 15 is 0 Å². The number of amidine groups is 1. The first-order valence-corrected chi connectivity index (χ1v) is 48.6. The second kappa shape index (κ2) is 68.6. The SMILES string of the molecule is CCC(=O)Cl.CCOC(=O)c1nc(CC)sc1N.CCc1nc2c(=O)[nH]c(=O)[nH]c2s1.CCc1nc2c(Cl)nc(Cl)nc2s1.CCc1nc2c(NC3CCC(N4CCOCC4)CC3)nc(Cl)nc2s1.Cl.Cl.Cl.Cn1cc(N)cn1.NC1CCC(N2CCOCC2)CC1.O=P(Cl)(Cl)Cl.[C-]#[N+]/C(=N\O)C(=O)OCC.[C-]#[N+]C(N)C(=O)OCC.[C-]#[N+]C(NC(=O)CC)C(=O)OCC. The topological polar surface area (TPSA) is 542 Å². The Kier molecular flexibility index (Phi) is 65.7. The number of amides is 1. The predicted molar refractivity (Wildman–Crippen MR) is 516 cm³/mol. The van der Waals surface area contributed by atoms with Crippen LogP contribution in [0.3, 0.4) is 0 Å². The molecule has 13 N–H and O–H groups in total. The van der Waals surface area contributed by atoms with Crippen LogP contribution in [0.15, 0.2) is 27.1 Å². The van der Waals surface area contributed by atoms with E-state index in [1.807, 2.05) is 27.8 Å². The zero-order valence-corrected chi connectivity index (χ0v) is 84.4. The Morgan fingerprint density at radius 1 is 0.636 bits per heavy atom. The molecular weight excluding hydrogens is 1990 g/mol. The molecule has 12 rings (SSSR count). The molecule has 0 aromatic carbocycles. The van der Waals surface area contributed by atoms with E-state index in [9.17, 15) is 42.9 Å². The molecule has 2 saturated heterocycles. The number of oxime groups is 1. The minimum atomic E-state index is -3.22. The lowest BCUT2D eigenvalue weighted by Crippen LogP contribution is -2.46. The molecule has 2 saturated carbocycles. The average Bonchev–Trinajstić information content (AvgIpc) is 1.68. The van der Waals surface area contributed by atoms with Crippen molar-refractivity contribution in [2.75, 3.05) is 95.8 Å². The maximum atomic E-state index is 11.2. The zero-order chi connectivity index (χ0) is 94.6. The van der Waals surface area contributed by atoms with E-state index in [2.05, 4.69) is 150 Å². The summed E-state index contributed by atoms with van der Waals surface area (Å²) in [6.07, 6.45) is 14.8. The number of aromatic nitrogens is 12. The summed E-state index contributed by atoms with van der Waals surface area (Å²) in [4.78, 5) is 140. The molecule has 40 nitrogen and oxygen atoms in total. The number of carbonyl (C=O) groups excluding carboxylic acids is 6. The second-order valence-corrected chi connectivity index (χ2v) is 38.1. The van der Waals surface area contributed by atoms with Gasteiger partial charge < -0.3 is 61.0 Å². The number of anilines is 3. The number of hydrogen-bond donors (Lipinski definition) is 9. The Hall–Kier alpha value is -7.40. The number of carbonyl (C=O) groups is 6. The van der Waals surface area contributed by atoms with Crippen LogP contribution in [0, 0.1) is 19.7 Å². The van der Waals surface area contributed by atoms with Crippen molar-refractivity contribution >= 4 is 256 Å². The summed E-state index contributed by atoms with van der Waals surface area (Å²) < 4.78 is 40.1. The van der Waals surface area contributed by atoms with Gasteiger partial charge in [0.1, 0.15) is 25.7 Å². The first kappa shape index (κ1) is 124. The lowest BCUT2D eigenvalue weighted by molar-refractivity contribution is -0.146. The van der Waals surface area contributed by atoms with Crippen LogP contribution in [0.5, 0.6) is 0 Å². The molecule has 10 heterocycles. The van der Waals surface area contributed by atoms with Crippen LogP contribution >= 0.6 is 168 Å². The van der Waals surface area contributed by atoms with Gasteiger partial charge in [0.05, 0.1) is 89.9 Å². The van der Waals surface area contributed by atoms with E-state index in [-0.39, 0.29) is 85.6 Å². The number of nitrogen functional groups attached to an aromatic ring is 2. The largest absolute Gasteiger partial charge is 0.470 e. The number of aromatic amines is 2. The summed E-state index contributed by atoms with van der Waals surface area (Å²) in [5.41, 5.74) is 23.6. The number of fused-ring (bicyclic) bond motifs is 3. The Morgan fingerprint density at radius 3 is 1.51 bits per heavy atom. The van der Waals surface area contributed by atoms with Crippen molar-refractivity contribution < 1.29 is 67.0 Å². The number of ether oxygens (including phenoxy) is 6. The van der Waals surface area contributed by atoms with Crippen molar-refractivity contribution in [1.29, 1.82) is 0 Å². The van der Waals surface area contributed by atoms with Gasteiger partial charge in [-0.05, 0) is 173 Å². The highest BCUT2D eigenvalue weighted by atomic mass is 36.0. The van der Waals surface area contributed by atoms with Crippen molar-refractivity contribution in [3.8, 4) is 0 Å². The maximum Gasteiger partial charge on any atom is 0.413 e. The van der Waals surface area contributed by atoms with Crippen molar-refractivity contribution in [2.45, 2.75) is 196 Å². The molecule has 2 aliphatic carbocycles. The third-order valence-electron chi connectivity index (χ3n) is 16.7. The highest BCUT2D eigenvalue weighted by Crippen LogP contribution is 2.61. The lowest BCUT2D eigenvalue weighted by atomic mass is 9.90. The van der Waals surface area contributed by atoms with Gasteiger partial charge in [0, 0.05) is 76.4 Å². The molecule has 0 spiro atoms. The summed E-state index contributed by atoms with van der Waals surface area (Å²) in [7, 11) is 1.83. The lowest BCUT2D eigenvalue weighted by Gasteiger charge is -2.39. The molecule has 0 radical (unpaired) electrons. The molecular formula is C74H109Cl10N24O16PS4. The molecule has 1 amide bonds. The fourth-order valence-corrected chi connectivity index (χ4v) is 14.9. The molecule has 55 heteroatoms. The first-order chi connectivity index (χ1) is 59.9. The second-order valence-electron chi connectivity index (χ2n) is 25.7. The number of nitrogens with one attached hydrogen (secondary N) is 4. The van der Waals surface area contributed by atoms with Crippen LogP contribution in [0.4, 0.5) is 16.5 Å². The van der Waals surface area contributed by atoms with Gasteiger partial charge in [-0.1, -0.05) is 82.4 Å². The number of halogens is 10. The summed E-state index contributed by atoms with van der Waals surface area (Å²) in [6, 6.07) is 2.39. The molecule has 8 aromatic rings. The summed E-state index contributed by atoms with van der Waals surface area (Å²) in [5, 5.41) is 21.6. The minimum Gasteiger partial charge on any atom is -0.470 e. The van der Waals surface area contributed by atoms with Crippen molar-refractivity contribution in [1.82, 2.24) is 74.7 Å². The molecule has 4 fully saturated rings. The van der Waals surface area contributed by atoms with Gasteiger partial charge in [-0.15, -0.1) is 59.9 Å². The Labute approximate surface area is 815 Å². The van der Waals surface area contributed by atoms with Crippen LogP contribution in [-0.4, -0.2) is 231 Å². The number of nitrogens with zero attached hydrogens (tertiary/aromatic N) is 16. The molecule has 720 valence electrons. The highest BCUT2D eigenvalue weighted by molar-refractivity contribution is 8.24. The smallest absolute Gasteiger partial charge is 0.413 e. The van der Waals surface area contributed by atoms with E-state index in [0.29, 0.717) is 68.1 Å². The van der Waals surface area contributed by atoms with E-state index in [1.165, 1.54) is 72.5 Å². The van der Waals surface area contributed by atoms with Crippen molar-refractivity contribution in [3.63, 3.8) is 0 Å². The van der Waals surface area contributed by atoms with Gasteiger partial charge in [0.25, 0.3) is 5.56 Å². The number of hydrogen-bond acceptors (Lipinski definition) is 37. The third kappa shape index (κ3) is 49.2. The fourth-order valence-electron chi connectivity index (χ4n) is 10.8. The van der Waals surface area contributed by atoms with Gasteiger partial charge >= 0.3 is 52.9 Å². The number of rotatable bonds is 18. The summed E-state index contributed by atoms with van der Waals surface area (Å²) >= 11 is 42.0. The number of aryl methyl sites for hydroxylation is 5. The molecule has 4 aliphatic rings. The normalized spacial score (nSPS) is 15.9. The Balaban J connectivity index is 0. The number of thiazole rings is 4. The highest BCUT2D eigenvalue weighted by Gasteiger charge is 2.30. The zero-order valence-electron chi connectivity index (χ0n) is 72.5. The number of H-pyrrole nitrogens is 2. The van der Waals surface area contributed by atoms with E-state index < -0.39 is 58.5 Å². The van der Waals surface area contributed by atoms with Gasteiger partial charge in [-0.3, -0.25) is 68.9 Å².